The number of hydrogen-bond acceptors (Lipinski definition) is 19. The number of ether oxygens (including phenoxy) is 10. The number of aromatic nitrogens is 1. The number of Topliss-reactive ketones (excluding diaryl/α,β-unsaturated/α-hetero) is 1. The van der Waals surface area contributed by atoms with Crippen molar-refractivity contribution in [2.75, 3.05) is 66.9 Å². The van der Waals surface area contributed by atoms with E-state index in [-0.39, 0.29) is 66.5 Å². The number of carboxylic acids is 1. The van der Waals surface area contributed by atoms with Crippen LogP contribution >= 0.6 is 0 Å². The summed E-state index contributed by atoms with van der Waals surface area (Å²) in [4.78, 5) is 71.0. The molecule has 5 aliphatic rings. The maximum Gasteiger partial charge on any atom is 0.509 e. The van der Waals surface area contributed by atoms with Crippen LogP contribution in [0.15, 0.2) is 23.1 Å². The van der Waals surface area contributed by atoms with E-state index in [4.69, 9.17) is 47.4 Å². The highest BCUT2D eigenvalue weighted by Crippen LogP contribution is 2.45. The molecule has 2 unspecified atom stereocenters. The minimum Gasteiger partial charge on any atom is -0.477 e. The van der Waals surface area contributed by atoms with Gasteiger partial charge >= 0.3 is 18.1 Å². The predicted molar refractivity (Wildman–Crippen MR) is 287 cm³/mol. The molecule has 18 atom stereocenters. The summed E-state index contributed by atoms with van der Waals surface area (Å²) in [6.45, 7) is 19.5. The van der Waals surface area contributed by atoms with Crippen molar-refractivity contribution in [3.8, 4) is 0 Å². The molecule has 0 spiro atoms. The molecule has 0 radical (unpaired) electrons. The lowest BCUT2D eigenvalue weighted by molar-refractivity contribution is -0.322. The SMILES string of the molecule is CC[C@@H]1OC(=O)[C@H](C)[C@H](O[C@H]2CC(C)(OC)[C@@H](OCCN(C)CCNc3cc4c(cc3F)c(=O)c(C(=O)O)cn4C3CC3)[C@@H](C)O2)[C@@H](C)[C@H](O[C@H]2O[C@@H](C)C[C@@H](N(C)C)[C@H]2O)C(C)(OC)C[C@H](C)C(=O)[C@@H](C)[C@H]2OC(=O)O[C@@]12C. The van der Waals surface area contributed by atoms with E-state index in [1.165, 1.54) is 13.3 Å². The zero-order valence-electron chi connectivity index (χ0n) is 48.8. The van der Waals surface area contributed by atoms with Gasteiger partial charge in [-0.15, -0.1) is 0 Å². The van der Waals surface area contributed by atoms with E-state index in [2.05, 4.69) is 5.32 Å². The summed E-state index contributed by atoms with van der Waals surface area (Å²) in [5, 5.41) is 24.6. The average Bonchev–Trinajstić information content (AvgIpc) is 4.29. The number of esters is 1. The number of likely N-dealkylation sites (N-methyl/N-ethyl adjacent to an activating group) is 2. The van der Waals surface area contributed by atoms with Crippen LogP contribution in [0.25, 0.3) is 10.9 Å². The maximum atomic E-state index is 15.4. The third kappa shape index (κ3) is 13.1. The second-order valence-corrected chi connectivity index (χ2v) is 23.8. The van der Waals surface area contributed by atoms with Crippen molar-refractivity contribution in [2.45, 2.75) is 198 Å². The zero-order chi connectivity index (χ0) is 58.2. The fourth-order valence-corrected chi connectivity index (χ4v) is 12.6. The van der Waals surface area contributed by atoms with E-state index in [9.17, 15) is 34.2 Å². The molecule has 7 rings (SSSR count). The molecule has 1 aliphatic carbocycles. The van der Waals surface area contributed by atoms with Gasteiger partial charge in [-0.05, 0) is 107 Å². The van der Waals surface area contributed by atoms with E-state index in [1.54, 1.807) is 52.4 Å². The lowest BCUT2D eigenvalue weighted by atomic mass is 9.74. The van der Waals surface area contributed by atoms with Gasteiger partial charge in [0.05, 0.1) is 65.3 Å². The highest BCUT2D eigenvalue weighted by atomic mass is 19.1. The van der Waals surface area contributed by atoms with Gasteiger partial charge in [0.25, 0.3) is 0 Å². The van der Waals surface area contributed by atoms with Gasteiger partial charge in [0.2, 0.25) is 5.43 Å². The number of fused-ring (bicyclic) bond motifs is 2. The van der Waals surface area contributed by atoms with Crippen LogP contribution in [0.4, 0.5) is 14.9 Å². The predicted octanol–water partition coefficient (Wildman–Crippen LogP) is 6.18. The van der Waals surface area contributed by atoms with Gasteiger partial charge in [-0.3, -0.25) is 14.4 Å². The number of hydrogen-bond donors (Lipinski definition) is 3. The lowest BCUT2D eigenvalue weighted by Gasteiger charge is -2.50. The molecule has 79 heavy (non-hydrogen) atoms. The van der Waals surface area contributed by atoms with Crippen molar-refractivity contribution in [2.24, 2.45) is 23.7 Å². The summed E-state index contributed by atoms with van der Waals surface area (Å²) >= 11 is 0. The third-order valence-corrected chi connectivity index (χ3v) is 17.6. The van der Waals surface area contributed by atoms with Crippen molar-refractivity contribution in [1.82, 2.24) is 14.4 Å². The summed E-state index contributed by atoms with van der Waals surface area (Å²) < 4.78 is 81.3. The molecule has 4 aliphatic heterocycles. The number of rotatable bonds is 18. The quantitative estimate of drug-likeness (QED) is 0.141. The minimum atomic E-state index is -1.52. The number of ketones is 1. The molecule has 4 saturated heterocycles. The Morgan fingerprint density at radius 2 is 1.57 bits per heavy atom. The smallest absolute Gasteiger partial charge is 0.477 e. The third-order valence-electron chi connectivity index (χ3n) is 17.6. The molecule has 1 aromatic heterocycles. The Hall–Kier alpha value is -4.36. The van der Waals surface area contributed by atoms with Crippen LogP contribution in [0.2, 0.25) is 0 Å². The fraction of sp³-hybridized carbons (Fsp3) is 0.772. The number of nitrogens with zero attached hydrogens (tertiary/aromatic N) is 3. The van der Waals surface area contributed by atoms with Gasteiger partial charge in [-0.2, -0.15) is 0 Å². The van der Waals surface area contributed by atoms with Gasteiger partial charge < -0.3 is 77.3 Å². The lowest BCUT2D eigenvalue weighted by Crippen LogP contribution is -2.61. The number of pyridine rings is 1. The number of aliphatic hydroxyl groups excluding tert-OH is 1. The second-order valence-electron chi connectivity index (χ2n) is 23.8. The van der Waals surface area contributed by atoms with Crippen LogP contribution in [0.1, 0.15) is 124 Å². The number of cyclic esters (lactones) is 1. The summed E-state index contributed by atoms with van der Waals surface area (Å²) in [5.74, 6) is -6.30. The molecule has 22 heteroatoms. The van der Waals surface area contributed by atoms with E-state index in [1.807, 2.05) is 65.6 Å². The largest absolute Gasteiger partial charge is 0.509 e. The molecule has 3 N–H and O–H groups in total. The first-order valence-corrected chi connectivity index (χ1v) is 28.0. The van der Waals surface area contributed by atoms with E-state index < -0.39 is 125 Å². The number of anilines is 1. The first-order chi connectivity index (χ1) is 37.1. The number of halogens is 1. The Labute approximate surface area is 463 Å². The van der Waals surface area contributed by atoms with Crippen LogP contribution in [0.5, 0.6) is 0 Å². The zero-order valence-corrected chi connectivity index (χ0v) is 48.8. The highest BCUT2D eigenvalue weighted by molar-refractivity contribution is 5.93. The molecular weight excluding hydrogens is 1030 g/mol. The molecule has 1 saturated carbocycles. The molecule has 21 nitrogen and oxygen atoms in total. The van der Waals surface area contributed by atoms with Gasteiger partial charge in [-0.1, -0.05) is 27.7 Å². The Kier molecular flexibility index (Phi) is 19.7. The number of carbonyl (C=O) groups excluding carboxylic acids is 3. The summed E-state index contributed by atoms with van der Waals surface area (Å²) in [6, 6.07) is 2.39. The van der Waals surface area contributed by atoms with Crippen molar-refractivity contribution in [3.63, 3.8) is 0 Å². The normalized spacial score (nSPS) is 37.8. The first kappa shape index (κ1) is 62.2. The second kappa shape index (κ2) is 25.0. The molecular formula is C57H87FN4O17. The standard InChI is InChI=1S/C57H87FN4O17/c1-16-42-57(10)49(78-54(69)79-57)31(4)44(63)29(2)26-55(8,70-14)48(77-53-46(65)41(60(11)12)23-30(3)73-53)32(5)47(33(6)52(68)75-42)76-43-27-56(9,71-15)50(34(7)74-43)72-22-21-61(13)20-19-59-39-25-40-36(24-38(39)58)45(64)37(51(66)67)28-62(40)35-17-18-35/h24-25,28-35,41-43,46-50,53,59,65H,16-23,26-27H2,1-15H3,(H,66,67)/t29-,30-,31+,32+,33+,34+,41+,42-,43-,46+,47+,48-,49+,50-,53+,55?,56?,57-/m0/s1. The number of aliphatic hydroxyl groups is 1. The number of methoxy groups -OCH3 is 2. The van der Waals surface area contributed by atoms with Crippen molar-refractivity contribution >= 4 is 40.5 Å². The summed E-state index contributed by atoms with van der Waals surface area (Å²) in [7, 11) is 8.77. The van der Waals surface area contributed by atoms with Crippen molar-refractivity contribution in [3.05, 3.63) is 39.9 Å². The number of benzene rings is 1. The Balaban J connectivity index is 1.10. The number of carbonyl (C=O) groups is 4. The van der Waals surface area contributed by atoms with E-state index >= 15 is 4.39 Å². The number of nitrogens with one attached hydrogen (secondary N) is 1. The van der Waals surface area contributed by atoms with Crippen LogP contribution in [0.3, 0.4) is 0 Å². The van der Waals surface area contributed by atoms with E-state index in [0.717, 1.165) is 18.9 Å². The monoisotopic (exact) mass is 1120 g/mol. The Bertz CT molecular complexity index is 2570. The first-order valence-electron chi connectivity index (χ1n) is 28.0. The van der Waals surface area contributed by atoms with Crippen LogP contribution < -0.4 is 10.7 Å². The topological polar surface area (TPSA) is 242 Å². The molecule has 0 amide bonds. The van der Waals surface area contributed by atoms with Crippen LogP contribution in [-0.4, -0.2) is 194 Å². The van der Waals surface area contributed by atoms with Crippen LogP contribution in [-0.2, 0) is 57.0 Å². The maximum absolute atomic E-state index is 15.4. The van der Waals surface area contributed by atoms with Crippen molar-refractivity contribution in [1.29, 1.82) is 0 Å². The number of aromatic carboxylic acids is 1. The number of carboxylic acid groups (broad SMARTS) is 1. The van der Waals surface area contributed by atoms with Crippen LogP contribution in [0, 0.1) is 29.5 Å². The van der Waals surface area contributed by atoms with Gasteiger partial charge in [0.1, 0.15) is 35.5 Å². The molecule has 0 bridgehead atoms. The Morgan fingerprint density at radius 3 is 2.19 bits per heavy atom. The van der Waals surface area contributed by atoms with E-state index in [0.29, 0.717) is 31.6 Å². The summed E-state index contributed by atoms with van der Waals surface area (Å²) in [6.07, 6.45) is -5.86. The van der Waals surface area contributed by atoms with Gasteiger partial charge in [0.15, 0.2) is 24.3 Å². The summed E-state index contributed by atoms with van der Waals surface area (Å²) in [5.41, 5.74) is -4.25. The highest BCUT2D eigenvalue weighted by Gasteiger charge is 2.60. The van der Waals surface area contributed by atoms with Crippen molar-refractivity contribution < 1.29 is 81.2 Å². The molecule has 5 heterocycles. The average molecular weight is 1120 g/mol. The molecule has 2 aromatic rings. The minimum absolute atomic E-state index is 0.0212. The Morgan fingerprint density at radius 1 is 0.899 bits per heavy atom. The fourth-order valence-electron chi connectivity index (χ4n) is 12.6. The molecule has 1 aromatic carbocycles. The molecule has 444 valence electrons. The van der Waals surface area contributed by atoms with Gasteiger partial charge in [0, 0.05) is 75.8 Å². The molecule has 5 fully saturated rings. The van der Waals surface area contributed by atoms with Gasteiger partial charge in [-0.25, -0.2) is 14.0 Å².